The van der Waals surface area contributed by atoms with E-state index in [0.29, 0.717) is 11.3 Å². The average Bonchev–Trinajstić information content (AvgIpc) is 2.96. The van der Waals surface area contributed by atoms with Crippen LogP contribution in [0, 0.1) is 0 Å². The van der Waals surface area contributed by atoms with Crippen LogP contribution in [0.2, 0.25) is 10.0 Å². The first-order chi connectivity index (χ1) is 19.7. The van der Waals surface area contributed by atoms with Crippen LogP contribution in [0.15, 0.2) is 82.8 Å². The van der Waals surface area contributed by atoms with Crippen LogP contribution >= 0.6 is 23.2 Å². The molecule has 0 aliphatic heterocycles. The van der Waals surface area contributed by atoms with Crippen LogP contribution in [0.1, 0.15) is 37.7 Å². The van der Waals surface area contributed by atoms with Crippen molar-refractivity contribution in [3.63, 3.8) is 0 Å². The van der Waals surface area contributed by atoms with Crippen molar-refractivity contribution in [3.8, 4) is 5.75 Å². The summed E-state index contributed by atoms with van der Waals surface area (Å²) in [6, 6.07) is 19.0. The minimum absolute atomic E-state index is 0.00109. The van der Waals surface area contributed by atoms with Gasteiger partial charge in [0.25, 0.3) is 21.8 Å². The zero-order valence-corrected chi connectivity index (χ0v) is 24.5. The van der Waals surface area contributed by atoms with Gasteiger partial charge in [-0.15, -0.1) is 0 Å². The molecule has 41 heavy (non-hydrogen) atoms. The molecule has 3 aromatic carbocycles. The quantitative estimate of drug-likeness (QED) is 0.228. The van der Waals surface area contributed by atoms with Gasteiger partial charge in [-0.3, -0.25) is 13.9 Å². The Balaban J connectivity index is 1.35. The van der Waals surface area contributed by atoms with Gasteiger partial charge in [0.15, 0.2) is 6.61 Å². The summed E-state index contributed by atoms with van der Waals surface area (Å²) >= 11 is 12.2. The van der Waals surface area contributed by atoms with Crippen LogP contribution in [0.5, 0.6) is 5.75 Å². The Bertz CT molecular complexity index is 1460. The third kappa shape index (κ3) is 8.94. The number of nitrogens with zero attached hydrogens (tertiary/aromatic N) is 2. The molecule has 0 aromatic heterocycles. The van der Waals surface area contributed by atoms with Gasteiger partial charge in [0.1, 0.15) is 12.3 Å². The van der Waals surface area contributed by atoms with E-state index in [4.69, 9.17) is 27.9 Å². The fourth-order valence-corrected chi connectivity index (χ4v) is 6.32. The summed E-state index contributed by atoms with van der Waals surface area (Å²) in [5.74, 6) is -0.304. The molecule has 4 rings (SSSR count). The lowest BCUT2D eigenvalue weighted by molar-refractivity contribution is -0.124. The van der Waals surface area contributed by atoms with Crippen molar-refractivity contribution < 1.29 is 22.7 Å². The van der Waals surface area contributed by atoms with Gasteiger partial charge in [-0.2, -0.15) is 5.10 Å². The number of nitrogens with one attached hydrogen (secondary N) is 2. The van der Waals surface area contributed by atoms with Crippen molar-refractivity contribution >= 4 is 56.9 Å². The van der Waals surface area contributed by atoms with Gasteiger partial charge >= 0.3 is 0 Å². The highest BCUT2D eigenvalue weighted by Crippen LogP contribution is 2.29. The van der Waals surface area contributed by atoms with Gasteiger partial charge in [0, 0.05) is 16.1 Å². The number of rotatable bonds is 11. The number of hydrogen-bond acceptors (Lipinski definition) is 6. The molecular weight excluding hydrogens is 587 g/mol. The lowest BCUT2D eigenvalue weighted by Gasteiger charge is -2.24. The van der Waals surface area contributed by atoms with E-state index in [1.807, 2.05) is 0 Å². The number of anilines is 1. The first kappa shape index (κ1) is 30.4. The molecule has 1 aliphatic rings. The number of hydrazone groups is 1. The molecule has 0 unspecified atom stereocenters. The number of carbonyl (C=O) groups excluding carboxylic acids is 2. The summed E-state index contributed by atoms with van der Waals surface area (Å²) in [7, 11) is -4.12. The van der Waals surface area contributed by atoms with Crippen LogP contribution < -0.4 is 19.8 Å². The van der Waals surface area contributed by atoms with E-state index >= 15 is 0 Å². The Morgan fingerprint density at radius 1 is 0.927 bits per heavy atom. The first-order valence-electron chi connectivity index (χ1n) is 13.1. The summed E-state index contributed by atoms with van der Waals surface area (Å²) in [6.07, 6.45) is 6.91. The van der Waals surface area contributed by atoms with E-state index in [1.165, 1.54) is 43.0 Å². The monoisotopic (exact) mass is 616 g/mol. The molecule has 2 N–H and O–H groups in total. The second-order valence-corrected chi connectivity index (χ2v) is 12.2. The van der Waals surface area contributed by atoms with Crippen molar-refractivity contribution in [3.05, 3.63) is 88.4 Å². The molecule has 216 valence electrons. The SMILES string of the molecule is O=C(CN(c1cc(Cl)cc(Cl)c1)S(=O)(=O)c1ccccc1)N/N=C\c1ccc(OCC(=O)NC2CCCCC2)cc1. The van der Waals surface area contributed by atoms with Crippen LogP contribution in [0.25, 0.3) is 0 Å². The number of hydrogen-bond donors (Lipinski definition) is 2. The number of amides is 2. The average molecular weight is 618 g/mol. The summed E-state index contributed by atoms with van der Waals surface area (Å²) in [5, 5.41) is 7.39. The zero-order valence-electron chi connectivity index (χ0n) is 22.1. The number of carbonyl (C=O) groups is 2. The Labute approximate surface area is 249 Å². The van der Waals surface area contributed by atoms with Crippen molar-refractivity contribution in [2.75, 3.05) is 17.5 Å². The summed E-state index contributed by atoms with van der Waals surface area (Å²) in [5.41, 5.74) is 3.14. The number of ether oxygens (including phenoxy) is 1. The minimum atomic E-state index is -4.12. The van der Waals surface area contributed by atoms with Crippen LogP contribution in [0.4, 0.5) is 5.69 Å². The second kappa shape index (κ2) is 14.3. The van der Waals surface area contributed by atoms with E-state index in [-0.39, 0.29) is 39.2 Å². The molecule has 3 aromatic rings. The van der Waals surface area contributed by atoms with Crippen LogP contribution in [-0.2, 0) is 19.6 Å². The van der Waals surface area contributed by atoms with Crippen LogP contribution in [0.3, 0.4) is 0 Å². The van der Waals surface area contributed by atoms with Crippen LogP contribution in [-0.4, -0.2) is 45.6 Å². The normalized spacial score (nSPS) is 14.0. The lowest BCUT2D eigenvalue weighted by Crippen LogP contribution is -2.39. The highest BCUT2D eigenvalue weighted by molar-refractivity contribution is 7.92. The molecule has 0 atom stereocenters. The maximum Gasteiger partial charge on any atom is 0.264 e. The van der Waals surface area contributed by atoms with Crippen molar-refractivity contribution in [1.82, 2.24) is 10.7 Å². The largest absolute Gasteiger partial charge is 0.484 e. The molecule has 0 bridgehead atoms. The molecule has 0 saturated heterocycles. The lowest BCUT2D eigenvalue weighted by atomic mass is 9.95. The van der Waals surface area contributed by atoms with Gasteiger partial charge in [-0.25, -0.2) is 13.8 Å². The number of halogens is 2. The van der Waals surface area contributed by atoms with Gasteiger partial charge < -0.3 is 10.1 Å². The van der Waals surface area contributed by atoms with Crippen molar-refractivity contribution in [2.24, 2.45) is 5.10 Å². The summed E-state index contributed by atoms with van der Waals surface area (Å²) in [6.45, 7) is -0.638. The molecule has 0 radical (unpaired) electrons. The maximum atomic E-state index is 13.4. The van der Waals surface area contributed by atoms with Crippen molar-refractivity contribution in [1.29, 1.82) is 0 Å². The standard InChI is InChI=1S/C29H30Cl2N4O5S/c30-22-15-23(31)17-25(16-22)35(41(38,39)27-9-5-2-6-10-27)19-28(36)34-32-18-21-11-13-26(14-12-21)40-20-29(37)33-24-7-3-1-4-8-24/h2,5-6,9-18,24H,1,3-4,7-8,19-20H2,(H,33,37)(H,34,36)/b32-18-. The Morgan fingerprint density at radius 2 is 1.59 bits per heavy atom. The summed E-state index contributed by atoms with van der Waals surface area (Å²) in [4.78, 5) is 24.9. The Kier molecular flexibility index (Phi) is 10.6. The molecule has 0 heterocycles. The van der Waals surface area contributed by atoms with Gasteiger partial charge in [0.2, 0.25) is 0 Å². The van der Waals surface area contributed by atoms with E-state index in [1.54, 1.807) is 42.5 Å². The van der Waals surface area contributed by atoms with E-state index < -0.39 is 22.5 Å². The predicted octanol–water partition coefficient (Wildman–Crippen LogP) is 5.17. The molecule has 1 saturated carbocycles. The molecular formula is C29H30Cl2N4O5S. The second-order valence-electron chi connectivity index (χ2n) is 9.51. The van der Waals surface area contributed by atoms with Gasteiger partial charge in [0.05, 0.1) is 16.8 Å². The van der Waals surface area contributed by atoms with E-state index in [9.17, 15) is 18.0 Å². The smallest absolute Gasteiger partial charge is 0.264 e. The molecule has 1 aliphatic carbocycles. The van der Waals surface area contributed by atoms with Gasteiger partial charge in [-0.1, -0.05) is 60.7 Å². The van der Waals surface area contributed by atoms with Crippen molar-refractivity contribution in [2.45, 2.75) is 43.0 Å². The highest BCUT2D eigenvalue weighted by Gasteiger charge is 2.27. The Hall–Kier alpha value is -3.60. The maximum absolute atomic E-state index is 13.4. The molecule has 12 heteroatoms. The fourth-order valence-electron chi connectivity index (χ4n) is 4.38. The van der Waals surface area contributed by atoms with Gasteiger partial charge in [-0.05, 0) is 73.0 Å². The topological polar surface area (TPSA) is 117 Å². The fraction of sp³-hybridized carbons (Fsp3) is 0.276. The third-order valence-corrected chi connectivity index (χ3v) is 8.60. The molecule has 2 amide bonds. The first-order valence-corrected chi connectivity index (χ1v) is 15.3. The third-order valence-electron chi connectivity index (χ3n) is 6.38. The molecule has 1 fully saturated rings. The number of sulfonamides is 1. The molecule has 9 nitrogen and oxygen atoms in total. The zero-order chi connectivity index (χ0) is 29.2. The minimum Gasteiger partial charge on any atom is -0.484 e. The molecule has 0 spiro atoms. The number of benzene rings is 3. The van der Waals surface area contributed by atoms with E-state index in [2.05, 4.69) is 15.8 Å². The Morgan fingerprint density at radius 3 is 2.24 bits per heavy atom. The summed E-state index contributed by atoms with van der Waals surface area (Å²) < 4.78 is 33.3. The predicted molar refractivity (Wildman–Crippen MR) is 160 cm³/mol. The highest BCUT2D eigenvalue weighted by atomic mass is 35.5. The van der Waals surface area contributed by atoms with E-state index in [0.717, 1.165) is 30.0 Å².